The van der Waals surface area contributed by atoms with Crippen LogP contribution < -0.4 is 0 Å². The van der Waals surface area contributed by atoms with Crippen molar-refractivity contribution >= 4 is 22.6 Å². The molecule has 0 atom stereocenters. The molecular weight excluding hydrogens is 224 g/mol. The van der Waals surface area contributed by atoms with Gasteiger partial charge in [0, 0.05) is 24.3 Å². The molecule has 0 saturated heterocycles. The van der Waals surface area contributed by atoms with E-state index in [4.69, 9.17) is 11.6 Å². The molecule has 3 nitrogen and oxygen atoms in total. The highest BCUT2D eigenvalue weighted by Crippen LogP contribution is 2.27. The van der Waals surface area contributed by atoms with Crippen molar-refractivity contribution in [1.82, 2.24) is 4.57 Å². The van der Waals surface area contributed by atoms with Crippen LogP contribution in [-0.2, 0) is 6.42 Å². The third-order valence-corrected chi connectivity index (χ3v) is 3.18. The molecule has 0 amide bonds. The maximum absolute atomic E-state index is 11.6. The quantitative estimate of drug-likeness (QED) is 0.730. The average molecular weight is 239 g/mol. The zero-order valence-electron chi connectivity index (χ0n) is 9.75. The van der Waals surface area contributed by atoms with E-state index in [9.17, 15) is 4.79 Å². The maximum atomic E-state index is 11.6. The number of nitrogens with zero attached hydrogens (tertiary/aromatic N) is 2. The van der Waals surface area contributed by atoms with Crippen LogP contribution >= 0.6 is 11.6 Å². The number of aromatic nitrogens is 1. The number of aliphatic imine (C=N–C) groups is 1. The van der Waals surface area contributed by atoms with Gasteiger partial charge in [0.2, 0.25) is 0 Å². The molecule has 0 aliphatic carbocycles. The molecule has 0 N–H and O–H groups in total. The Hall–Kier alpha value is -1.09. The van der Waals surface area contributed by atoms with Crippen molar-refractivity contribution in [2.24, 2.45) is 4.99 Å². The van der Waals surface area contributed by atoms with Gasteiger partial charge < -0.3 is 4.57 Å². The van der Waals surface area contributed by atoms with Gasteiger partial charge in [-0.2, -0.15) is 0 Å². The van der Waals surface area contributed by atoms with E-state index in [-0.39, 0.29) is 11.8 Å². The summed E-state index contributed by atoms with van der Waals surface area (Å²) in [6, 6.07) is 0.281. The summed E-state index contributed by atoms with van der Waals surface area (Å²) in [6.45, 7) is 6.42. The zero-order valence-corrected chi connectivity index (χ0v) is 10.5. The third kappa shape index (κ3) is 1.69. The minimum absolute atomic E-state index is 0.0991. The summed E-state index contributed by atoms with van der Waals surface area (Å²) in [7, 11) is 0. The van der Waals surface area contributed by atoms with Crippen molar-refractivity contribution in [3.63, 3.8) is 0 Å². The van der Waals surface area contributed by atoms with E-state index >= 15 is 0 Å². The molecule has 1 aromatic rings. The number of carbonyl (C=O) groups is 1. The van der Waals surface area contributed by atoms with E-state index in [0.717, 1.165) is 23.2 Å². The Morgan fingerprint density at radius 3 is 2.81 bits per heavy atom. The van der Waals surface area contributed by atoms with E-state index in [2.05, 4.69) is 18.8 Å². The predicted molar refractivity (Wildman–Crippen MR) is 65.8 cm³/mol. The topological polar surface area (TPSA) is 34.4 Å². The summed E-state index contributed by atoms with van der Waals surface area (Å²) < 4.78 is 2.04. The molecule has 0 fully saturated rings. The van der Waals surface area contributed by atoms with E-state index in [0.29, 0.717) is 11.7 Å². The Kier molecular flexibility index (Phi) is 2.89. The van der Waals surface area contributed by atoms with Gasteiger partial charge in [-0.05, 0) is 32.8 Å². The molecular formula is C12H15ClN2O. The van der Waals surface area contributed by atoms with Crippen LogP contribution in [0, 0.1) is 0 Å². The van der Waals surface area contributed by atoms with Crippen LogP contribution in [0.3, 0.4) is 0 Å². The van der Waals surface area contributed by atoms with Gasteiger partial charge in [0.25, 0.3) is 0 Å². The lowest BCUT2D eigenvalue weighted by atomic mass is 10.0. The van der Waals surface area contributed by atoms with E-state index < -0.39 is 0 Å². The first-order valence-electron chi connectivity index (χ1n) is 5.47. The molecule has 4 heteroatoms. The van der Waals surface area contributed by atoms with Crippen LogP contribution in [-0.4, -0.2) is 22.1 Å². The van der Waals surface area contributed by atoms with Gasteiger partial charge >= 0.3 is 0 Å². The van der Waals surface area contributed by atoms with Crippen LogP contribution in [0.2, 0.25) is 0 Å². The van der Waals surface area contributed by atoms with Gasteiger partial charge in [0.05, 0.1) is 5.69 Å². The SMILES string of the molecule is CC(=O)c1cn(C(C)C)c2c1CCN=C2Cl. The number of hydrogen-bond acceptors (Lipinski definition) is 2. The molecule has 0 aromatic carbocycles. The highest BCUT2D eigenvalue weighted by atomic mass is 35.5. The second-order valence-corrected chi connectivity index (χ2v) is 4.71. The van der Waals surface area contributed by atoms with Crippen LogP contribution in [0.5, 0.6) is 0 Å². The Bertz CT molecular complexity index is 472. The van der Waals surface area contributed by atoms with Crippen molar-refractivity contribution in [2.45, 2.75) is 33.2 Å². The summed E-state index contributed by atoms with van der Waals surface area (Å²) in [5, 5.41) is 0.530. The fourth-order valence-electron chi connectivity index (χ4n) is 2.10. The van der Waals surface area contributed by atoms with Gasteiger partial charge in [0.15, 0.2) is 5.78 Å². The van der Waals surface area contributed by atoms with Crippen molar-refractivity contribution in [3.8, 4) is 0 Å². The molecule has 86 valence electrons. The van der Waals surface area contributed by atoms with Crippen molar-refractivity contribution in [3.05, 3.63) is 23.0 Å². The zero-order chi connectivity index (χ0) is 11.9. The molecule has 16 heavy (non-hydrogen) atoms. The lowest BCUT2D eigenvalue weighted by Crippen LogP contribution is -2.14. The van der Waals surface area contributed by atoms with Gasteiger partial charge in [-0.15, -0.1) is 0 Å². The van der Waals surface area contributed by atoms with Gasteiger partial charge in [-0.1, -0.05) is 11.6 Å². The van der Waals surface area contributed by atoms with Crippen LogP contribution in [0.4, 0.5) is 0 Å². The minimum Gasteiger partial charge on any atom is -0.342 e. The maximum Gasteiger partial charge on any atom is 0.161 e. The second-order valence-electron chi connectivity index (χ2n) is 4.35. The van der Waals surface area contributed by atoms with E-state index in [1.807, 2.05) is 10.8 Å². The third-order valence-electron chi connectivity index (χ3n) is 2.88. The molecule has 2 heterocycles. The summed E-state index contributed by atoms with van der Waals surface area (Å²) >= 11 is 6.13. The van der Waals surface area contributed by atoms with Gasteiger partial charge in [0.1, 0.15) is 5.17 Å². The summed E-state index contributed by atoms with van der Waals surface area (Å²) in [5.74, 6) is 0.0991. The van der Waals surface area contributed by atoms with Gasteiger partial charge in [-0.25, -0.2) is 0 Å². The Morgan fingerprint density at radius 1 is 1.56 bits per heavy atom. The highest BCUT2D eigenvalue weighted by Gasteiger charge is 2.24. The molecule has 0 bridgehead atoms. The normalized spacial score (nSPS) is 14.9. The fourth-order valence-corrected chi connectivity index (χ4v) is 2.40. The number of rotatable bonds is 2. The number of halogens is 1. The first-order chi connectivity index (χ1) is 7.52. The second kappa shape index (κ2) is 4.06. The molecule has 2 rings (SSSR count). The van der Waals surface area contributed by atoms with Crippen LogP contribution in [0.15, 0.2) is 11.2 Å². The number of Topliss-reactive ketones (excluding diaryl/α,β-unsaturated/α-hetero) is 1. The average Bonchev–Trinajstić information content (AvgIpc) is 2.58. The molecule has 0 unspecified atom stereocenters. The lowest BCUT2D eigenvalue weighted by molar-refractivity contribution is 0.101. The summed E-state index contributed by atoms with van der Waals surface area (Å²) in [6.07, 6.45) is 2.71. The smallest absolute Gasteiger partial charge is 0.161 e. The Morgan fingerprint density at radius 2 is 2.25 bits per heavy atom. The fraction of sp³-hybridized carbons (Fsp3) is 0.500. The number of fused-ring (bicyclic) bond motifs is 1. The molecule has 0 spiro atoms. The largest absolute Gasteiger partial charge is 0.342 e. The first-order valence-corrected chi connectivity index (χ1v) is 5.85. The Labute approximate surface area is 100 Å². The standard InChI is InChI=1S/C12H15ClN2O/c1-7(2)15-6-10(8(3)16)9-4-5-14-12(13)11(9)15/h6-7H,4-5H2,1-3H3. The molecule has 1 aromatic heterocycles. The monoisotopic (exact) mass is 238 g/mol. The molecule has 0 saturated carbocycles. The predicted octanol–water partition coefficient (Wildman–Crippen LogP) is 2.81. The summed E-state index contributed by atoms with van der Waals surface area (Å²) in [5.41, 5.74) is 2.77. The molecule has 0 radical (unpaired) electrons. The van der Waals surface area contributed by atoms with Crippen LogP contribution in [0.1, 0.15) is 48.4 Å². The molecule has 1 aliphatic rings. The van der Waals surface area contributed by atoms with E-state index in [1.54, 1.807) is 6.92 Å². The first kappa shape index (κ1) is 11.4. The number of hydrogen-bond donors (Lipinski definition) is 0. The van der Waals surface area contributed by atoms with E-state index in [1.165, 1.54) is 0 Å². The highest BCUT2D eigenvalue weighted by molar-refractivity contribution is 6.69. The Balaban J connectivity index is 2.67. The number of carbonyl (C=O) groups excluding carboxylic acids is 1. The minimum atomic E-state index is 0.0991. The van der Waals surface area contributed by atoms with Crippen molar-refractivity contribution in [2.75, 3.05) is 6.54 Å². The van der Waals surface area contributed by atoms with Gasteiger partial charge in [-0.3, -0.25) is 9.79 Å². The van der Waals surface area contributed by atoms with Crippen molar-refractivity contribution < 1.29 is 4.79 Å². The molecule has 1 aliphatic heterocycles. The number of ketones is 1. The lowest BCUT2D eigenvalue weighted by Gasteiger charge is -2.16. The summed E-state index contributed by atoms with van der Waals surface area (Å²) in [4.78, 5) is 15.8. The van der Waals surface area contributed by atoms with Crippen LogP contribution in [0.25, 0.3) is 0 Å². The van der Waals surface area contributed by atoms with Crippen molar-refractivity contribution in [1.29, 1.82) is 0 Å².